The molecule has 0 aliphatic heterocycles. The third-order valence-electron chi connectivity index (χ3n) is 2.82. The standard InChI is InChI=1S/C12H20N2O2/c1-4-12(3,13)11(15)14(5-2)9-10-7-6-8-16-10/h6-8H,4-5,9,13H2,1-3H3. The summed E-state index contributed by atoms with van der Waals surface area (Å²) < 4.78 is 5.23. The summed E-state index contributed by atoms with van der Waals surface area (Å²) in [6.45, 7) is 6.73. The molecule has 1 amide bonds. The van der Waals surface area contributed by atoms with E-state index in [2.05, 4.69) is 0 Å². The topological polar surface area (TPSA) is 59.5 Å². The number of amides is 1. The van der Waals surface area contributed by atoms with Crippen molar-refractivity contribution in [2.75, 3.05) is 6.54 Å². The minimum absolute atomic E-state index is 0.0334. The number of carbonyl (C=O) groups is 1. The maximum absolute atomic E-state index is 12.1. The summed E-state index contributed by atoms with van der Waals surface area (Å²) in [7, 11) is 0. The van der Waals surface area contributed by atoms with Crippen molar-refractivity contribution in [2.45, 2.75) is 39.3 Å². The molecule has 1 rings (SSSR count). The van der Waals surface area contributed by atoms with Crippen LogP contribution in [0.4, 0.5) is 0 Å². The zero-order valence-electron chi connectivity index (χ0n) is 10.2. The van der Waals surface area contributed by atoms with Gasteiger partial charge in [-0.25, -0.2) is 0 Å². The Morgan fingerprint density at radius 1 is 1.56 bits per heavy atom. The average molecular weight is 224 g/mol. The van der Waals surface area contributed by atoms with Crippen LogP contribution in [0.15, 0.2) is 22.8 Å². The van der Waals surface area contributed by atoms with Crippen molar-refractivity contribution in [1.82, 2.24) is 4.90 Å². The number of nitrogens with zero attached hydrogens (tertiary/aromatic N) is 1. The molecule has 4 nitrogen and oxygen atoms in total. The van der Waals surface area contributed by atoms with E-state index in [1.165, 1.54) is 0 Å². The molecule has 16 heavy (non-hydrogen) atoms. The fraction of sp³-hybridized carbons (Fsp3) is 0.583. The molecule has 0 aromatic carbocycles. The van der Waals surface area contributed by atoms with E-state index in [4.69, 9.17) is 10.2 Å². The van der Waals surface area contributed by atoms with Gasteiger partial charge in [0.2, 0.25) is 5.91 Å². The van der Waals surface area contributed by atoms with Crippen molar-refractivity contribution >= 4 is 5.91 Å². The predicted molar refractivity (Wildman–Crippen MR) is 62.7 cm³/mol. The van der Waals surface area contributed by atoms with E-state index >= 15 is 0 Å². The molecule has 0 bridgehead atoms. The first kappa shape index (κ1) is 12.8. The van der Waals surface area contributed by atoms with E-state index in [-0.39, 0.29) is 5.91 Å². The van der Waals surface area contributed by atoms with Crippen LogP contribution in [0.5, 0.6) is 0 Å². The van der Waals surface area contributed by atoms with Gasteiger partial charge in [-0.2, -0.15) is 0 Å². The molecule has 0 radical (unpaired) electrons. The number of hydrogen-bond acceptors (Lipinski definition) is 3. The van der Waals surface area contributed by atoms with E-state index in [1.54, 1.807) is 18.1 Å². The monoisotopic (exact) mass is 224 g/mol. The summed E-state index contributed by atoms with van der Waals surface area (Å²) in [6, 6.07) is 3.67. The minimum atomic E-state index is -0.789. The molecule has 1 unspecified atom stereocenters. The Bertz CT molecular complexity index is 331. The normalized spacial score (nSPS) is 14.5. The van der Waals surface area contributed by atoms with Crippen molar-refractivity contribution in [2.24, 2.45) is 5.73 Å². The summed E-state index contributed by atoms with van der Waals surface area (Å²) in [5, 5.41) is 0. The molecule has 1 aromatic rings. The van der Waals surface area contributed by atoms with Gasteiger partial charge in [0.25, 0.3) is 0 Å². The first-order valence-corrected chi connectivity index (χ1v) is 5.62. The highest BCUT2D eigenvalue weighted by Gasteiger charge is 2.30. The SMILES string of the molecule is CCN(Cc1ccco1)C(=O)C(C)(N)CC. The Morgan fingerprint density at radius 2 is 2.25 bits per heavy atom. The van der Waals surface area contributed by atoms with Crippen LogP contribution in [0.25, 0.3) is 0 Å². The van der Waals surface area contributed by atoms with Crippen LogP contribution in [0, 0.1) is 0 Å². The first-order valence-electron chi connectivity index (χ1n) is 5.62. The summed E-state index contributed by atoms with van der Waals surface area (Å²) >= 11 is 0. The molecule has 1 aromatic heterocycles. The van der Waals surface area contributed by atoms with E-state index in [1.807, 2.05) is 26.0 Å². The van der Waals surface area contributed by atoms with Crippen LogP contribution >= 0.6 is 0 Å². The van der Waals surface area contributed by atoms with E-state index in [0.717, 1.165) is 5.76 Å². The van der Waals surface area contributed by atoms with Crippen LogP contribution in [-0.2, 0) is 11.3 Å². The summed E-state index contributed by atoms with van der Waals surface area (Å²) in [4.78, 5) is 13.8. The van der Waals surface area contributed by atoms with Crippen LogP contribution < -0.4 is 5.73 Å². The number of likely N-dealkylation sites (N-methyl/N-ethyl adjacent to an activating group) is 1. The molecule has 0 aliphatic rings. The van der Waals surface area contributed by atoms with Gasteiger partial charge >= 0.3 is 0 Å². The molecule has 90 valence electrons. The lowest BCUT2D eigenvalue weighted by molar-refractivity contribution is -0.137. The molecule has 0 fully saturated rings. The van der Waals surface area contributed by atoms with Gasteiger partial charge in [-0.15, -0.1) is 0 Å². The van der Waals surface area contributed by atoms with Crippen molar-refractivity contribution in [1.29, 1.82) is 0 Å². The summed E-state index contributed by atoms with van der Waals surface area (Å²) in [6.07, 6.45) is 2.23. The number of nitrogens with two attached hydrogens (primary N) is 1. The van der Waals surface area contributed by atoms with E-state index in [0.29, 0.717) is 19.5 Å². The Morgan fingerprint density at radius 3 is 2.69 bits per heavy atom. The molecule has 0 spiro atoms. The van der Waals surface area contributed by atoms with Crippen LogP contribution in [0.3, 0.4) is 0 Å². The highest BCUT2D eigenvalue weighted by atomic mass is 16.3. The molecule has 2 N–H and O–H groups in total. The smallest absolute Gasteiger partial charge is 0.242 e. The zero-order chi connectivity index (χ0) is 12.2. The summed E-state index contributed by atoms with van der Waals surface area (Å²) in [5.41, 5.74) is 5.15. The molecule has 0 saturated carbocycles. The third-order valence-corrected chi connectivity index (χ3v) is 2.82. The zero-order valence-corrected chi connectivity index (χ0v) is 10.2. The average Bonchev–Trinajstić information content (AvgIpc) is 2.77. The predicted octanol–water partition coefficient (Wildman–Crippen LogP) is 1.76. The van der Waals surface area contributed by atoms with Gasteiger partial charge in [0.15, 0.2) is 0 Å². The Kier molecular flexibility index (Phi) is 4.12. The summed E-state index contributed by atoms with van der Waals surface area (Å²) in [5.74, 6) is 0.746. The number of rotatable bonds is 5. The molecular weight excluding hydrogens is 204 g/mol. The lowest BCUT2D eigenvalue weighted by Crippen LogP contribution is -2.52. The Balaban J connectivity index is 2.71. The van der Waals surface area contributed by atoms with Gasteiger partial charge in [-0.3, -0.25) is 4.79 Å². The first-order chi connectivity index (χ1) is 7.51. The van der Waals surface area contributed by atoms with E-state index in [9.17, 15) is 4.79 Å². The highest BCUT2D eigenvalue weighted by Crippen LogP contribution is 2.13. The lowest BCUT2D eigenvalue weighted by atomic mass is 9.98. The molecule has 1 heterocycles. The van der Waals surface area contributed by atoms with Gasteiger partial charge in [0, 0.05) is 6.54 Å². The van der Waals surface area contributed by atoms with Gasteiger partial charge in [-0.05, 0) is 32.4 Å². The molecule has 0 saturated heterocycles. The Labute approximate surface area is 96.4 Å². The van der Waals surface area contributed by atoms with Gasteiger partial charge in [0.1, 0.15) is 5.76 Å². The van der Waals surface area contributed by atoms with Crippen LogP contribution in [-0.4, -0.2) is 22.9 Å². The van der Waals surface area contributed by atoms with Gasteiger partial charge in [0.05, 0.1) is 18.3 Å². The van der Waals surface area contributed by atoms with Gasteiger partial charge < -0.3 is 15.1 Å². The van der Waals surface area contributed by atoms with E-state index < -0.39 is 5.54 Å². The van der Waals surface area contributed by atoms with Crippen molar-refractivity contribution < 1.29 is 9.21 Å². The second kappa shape index (κ2) is 5.16. The number of carbonyl (C=O) groups excluding carboxylic acids is 1. The van der Waals surface area contributed by atoms with Gasteiger partial charge in [-0.1, -0.05) is 6.92 Å². The second-order valence-electron chi connectivity index (χ2n) is 4.17. The molecular formula is C12H20N2O2. The lowest BCUT2D eigenvalue weighted by Gasteiger charge is -2.29. The van der Waals surface area contributed by atoms with Crippen LogP contribution in [0.2, 0.25) is 0 Å². The maximum atomic E-state index is 12.1. The van der Waals surface area contributed by atoms with Crippen molar-refractivity contribution in [3.8, 4) is 0 Å². The second-order valence-corrected chi connectivity index (χ2v) is 4.17. The van der Waals surface area contributed by atoms with Crippen molar-refractivity contribution in [3.05, 3.63) is 24.2 Å². The number of hydrogen-bond donors (Lipinski definition) is 1. The Hall–Kier alpha value is -1.29. The highest BCUT2D eigenvalue weighted by molar-refractivity contribution is 5.85. The minimum Gasteiger partial charge on any atom is -0.467 e. The fourth-order valence-electron chi connectivity index (χ4n) is 1.43. The fourth-order valence-corrected chi connectivity index (χ4v) is 1.43. The largest absolute Gasteiger partial charge is 0.467 e. The molecule has 4 heteroatoms. The molecule has 1 atom stereocenters. The maximum Gasteiger partial charge on any atom is 0.242 e. The van der Waals surface area contributed by atoms with Crippen LogP contribution in [0.1, 0.15) is 33.0 Å². The molecule has 0 aliphatic carbocycles. The number of furan rings is 1. The quantitative estimate of drug-likeness (QED) is 0.829. The van der Waals surface area contributed by atoms with Crippen molar-refractivity contribution in [3.63, 3.8) is 0 Å². The third kappa shape index (κ3) is 2.85.